The molecule has 0 radical (unpaired) electrons. The highest BCUT2D eigenvalue weighted by Crippen LogP contribution is 2.24. The molecule has 1 rings (SSSR count). The normalized spacial score (nSPS) is 11.6. The number of hydrogen-bond acceptors (Lipinski definition) is 3. The van der Waals surface area contributed by atoms with Crippen LogP contribution in [0.3, 0.4) is 0 Å². The fraction of sp³-hybridized carbons (Fsp3) is 0.667. The molecule has 18 heavy (non-hydrogen) atoms. The van der Waals surface area contributed by atoms with Crippen LogP contribution in [0.15, 0.2) is 12.1 Å². The minimum Gasteiger partial charge on any atom is -0.478 e. The predicted molar refractivity (Wildman–Crippen MR) is 75.8 cm³/mol. The van der Waals surface area contributed by atoms with Crippen LogP contribution in [0.5, 0.6) is 5.88 Å². The Kier molecular flexibility index (Phi) is 5.60. The van der Waals surface area contributed by atoms with E-state index in [1.165, 1.54) is 12.8 Å². The lowest BCUT2D eigenvalue weighted by Gasteiger charge is -2.19. The molecule has 0 spiro atoms. The van der Waals surface area contributed by atoms with E-state index < -0.39 is 0 Å². The van der Waals surface area contributed by atoms with Crippen LogP contribution >= 0.6 is 0 Å². The van der Waals surface area contributed by atoms with Crippen molar-refractivity contribution < 1.29 is 4.74 Å². The van der Waals surface area contributed by atoms with Gasteiger partial charge in [-0.05, 0) is 18.1 Å². The summed E-state index contributed by atoms with van der Waals surface area (Å²) in [6, 6.07) is 4.01. The number of rotatable bonds is 6. The highest BCUT2D eigenvalue weighted by molar-refractivity contribution is 5.28. The Balaban J connectivity index is 2.78. The molecular weight excluding hydrogens is 224 g/mol. The van der Waals surface area contributed by atoms with Crippen LogP contribution < -0.4 is 10.5 Å². The van der Waals surface area contributed by atoms with Crippen molar-refractivity contribution in [2.75, 3.05) is 6.61 Å². The molecule has 0 aliphatic carbocycles. The maximum Gasteiger partial charge on any atom is 0.213 e. The first kappa shape index (κ1) is 15.0. The average Bonchev–Trinajstić information content (AvgIpc) is 2.33. The van der Waals surface area contributed by atoms with Crippen molar-refractivity contribution >= 4 is 0 Å². The summed E-state index contributed by atoms with van der Waals surface area (Å²) in [5.74, 6) is 0.707. The lowest BCUT2D eigenvalue weighted by molar-refractivity contribution is 0.292. The van der Waals surface area contributed by atoms with Crippen LogP contribution in [0, 0.1) is 0 Å². The molecule has 0 bridgehead atoms. The summed E-state index contributed by atoms with van der Waals surface area (Å²) in [6.45, 7) is 9.89. The van der Waals surface area contributed by atoms with Crippen molar-refractivity contribution in [3.05, 3.63) is 23.4 Å². The summed E-state index contributed by atoms with van der Waals surface area (Å²) < 4.78 is 5.72. The van der Waals surface area contributed by atoms with Crippen LogP contribution in [0.1, 0.15) is 58.2 Å². The van der Waals surface area contributed by atoms with Crippen molar-refractivity contribution in [2.45, 2.75) is 58.9 Å². The molecule has 0 fully saturated rings. The topological polar surface area (TPSA) is 48.1 Å². The Morgan fingerprint density at radius 2 is 1.94 bits per heavy atom. The Bertz CT molecular complexity index is 369. The van der Waals surface area contributed by atoms with Gasteiger partial charge < -0.3 is 10.5 Å². The van der Waals surface area contributed by atoms with Crippen molar-refractivity contribution in [2.24, 2.45) is 5.73 Å². The van der Waals surface area contributed by atoms with Crippen LogP contribution in [0.4, 0.5) is 0 Å². The van der Waals surface area contributed by atoms with Gasteiger partial charge in [-0.25, -0.2) is 4.98 Å². The summed E-state index contributed by atoms with van der Waals surface area (Å²) in [7, 11) is 0. The van der Waals surface area contributed by atoms with Gasteiger partial charge in [0.1, 0.15) is 0 Å². The van der Waals surface area contributed by atoms with Gasteiger partial charge in [-0.1, -0.05) is 40.5 Å². The molecule has 1 aromatic heterocycles. The molecule has 0 saturated heterocycles. The Labute approximate surface area is 111 Å². The van der Waals surface area contributed by atoms with Crippen molar-refractivity contribution in [1.29, 1.82) is 0 Å². The van der Waals surface area contributed by atoms with Gasteiger partial charge >= 0.3 is 0 Å². The maximum atomic E-state index is 5.72. The summed E-state index contributed by atoms with van der Waals surface area (Å²) in [5, 5.41) is 0. The SMILES string of the molecule is CCCCCOc1cc(CN)cc(C(C)(C)C)n1. The molecule has 1 heterocycles. The number of nitrogens with zero attached hydrogens (tertiary/aromatic N) is 1. The third kappa shape index (κ3) is 4.65. The molecule has 2 N–H and O–H groups in total. The molecule has 0 aliphatic heterocycles. The van der Waals surface area contributed by atoms with E-state index in [1.54, 1.807) is 0 Å². The molecule has 1 aromatic rings. The maximum absolute atomic E-state index is 5.72. The van der Waals surface area contributed by atoms with Gasteiger partial charge in [0, 0.05) is 18.0 Å². The van der Waals surface area contributed by atoms with E-state index in [2.05, 4.69) is 38.7 Å². The van der Waals surface area contributed by atoms with Gasteiger partial charge in [-0.15, -0.1) is 0 Å². The molecule has 0 amide bonds. The van der Waals surface area contributed by atoms with E-state index in [9.17, 15) is 0 Å². The summed E-state index contributed by atoms with van der Waals surface area (Å²) in [6.07, 6.45) is 3.48. The second-order valence-corrected chi connectivity index (χ2v) is 5.71. The average molecular weight is 250 g/mol. The standard InChI is InChI=1S/C15H26N2O/c1-5-6-7-8-18-14-10-12(11-16)9-13(17-14)15(2,3)4/h9-10H,5-8,11,16H2,1-4H3. The molecule has 102 valence electrons. The minimum absolute atomic E-state index is 0.0205. The Hall–Kier alpha value is -1.09. The number of hydrogen-bond donors (Lipinski definition) is 1. The molecule has 0 saturated carbocycles. The van der Waals surface area contributed by atoms with Crippen molar-refractivity contribution in [1.82, 2.24) is 4.98 Å². The number of aromatic nitrogens is 1. The number of nitrogens with two attached hydrogens (primary N) is 1. The third-order valence-corrected chi connectivity index (χ3v) is 2.86. The van der Waals surface area contributed by atoms with E-state index in [-0.39, 0.29) is 5.41 Å². The van der Waals surface area contributed by atoms with Gasteiger partial charge in [0.2, 0.25) is 5.88 Å². The minimum atomic E-state index is 0.0205. The first-order valence-corrected chi connectivity index (χ1v) is 6.81. The number of ether oxygens (including phenoxy) is 1. The molecule has 3 heteroatoms. The zero-order chi connectivity index (χ0) is 13.6. The van der Waals surface area contributed by atoms with E-state index in [0.717, 1.165) is 24.3 Å². The summed E-state index contributed by atoms with van der Waals surface area (Å²) >= 11 is 0. The first-order chi connectivity index (χ1) is 8.47. The molecule has 0 aromatic carbocycles. The quantitative estimate of drug-likeness (QED) is 0.787. The van der Waals surface area contributed by atoms with Gasteiger partial charge in [0.15, 0.2) is 0 Å². The third-order valence-electron chi connectivity index (χ3n) is 2.86. The molecular formula is C15H26N2O. The molecule has 0 atom stereocenters. The van der Waals surface area contributed by atoms with Crippen LogP contribution in [0.2, 0.25) is 0 Å². The zero-order valence-corrected chi connectivity index (χ0v) is 12.1. The second-order valence-electron chi connectivity index (χ2n) is 5.71. The first-order valence-electron chi connectivity index (χ1n) is 6.81. The highest BCUT2D eigenvalue weighted by Gasteiger charge is 2.17. The smallest absolute Gasteiger partial charge is 0.213 e. The molecule has 3 nitrogen and oxygen atoms in total. The van der Waals surface area contributed by atoms with E-state index in [0.29, 0.717) is 12.4 Å². The Morgan fingerprint density at radius 1 is 1.22 bits per heavy atom. The van der Waals surface area contributed by atoms with Gasteiger partial charge in [0.25, 0.3) is 0 Å². The highest BCUT2D eigenvalue weighted by atomic mass is 16.5. The molecule has 0 aliphatic rings. The lowest BCUT2D eigenvalue weighted by atomic mass is 9.91. The lowest BCUT2D eigenvalue weighted by Crippen LogP contribution is -2.15. The Morgan fingerprint density at radius 3 is 2.50 bits per heavy atom. The fourth-order valence-corrected chi connectivity index (χ4v) is 1.66. The summed E-state index contributed by atoms with van der Waals surface area (Å²) in [4.78, 5) is 4.57. The van der Waals surface area contributed by atoms with Crippen LogP contribution in [0.25, 0.3) is 0 Å². The van der Waals surface area contributed by atoms with Gasteiger partial charge in [-0.2, -0.15) is 0 Å². The number of pyridine rings is 1. The van der Waals surface area contributed by atoms with Crippen molar-refractivity contribution in [3.63, 3.8) is 0 Å². The number of unbranched alkanes of at least 4 members (excludes halogenated alkanes) is 2. The fourth-order valence-electron chi connectivity index (χ4n) is 1.66. The monoisotopic (exact) mass is 250 g/mol. The zero-order valence-electron chi connectivity index (χ0n) is 12.1. The van der Waals surface area contributed by atoms with Crippen LogP contribution in [-0.2, 0) is 12.0 Å². The second kappa shape index (κ2) is 6.74. The largest absolute Gasteiger partial charge is 0.478 e. The molecule has 0 unspecified atom stereocenters. The van der Waals surface area contributed by atoms with Gasteiger partial charge in [-0.3, -0.25) is 0 Å². The summed E-state index contributed by atoms with van der Waals surface area (Å²) in [5.41, 5.74) is 7.87. The van der Waals surface area contributed by atoms with E-state index in [1.807, 2.05) is 6.07 Å². The van der Waals surface area contributed by atoms with E-state index >= 15 is 0 Å². The van der Waals surface area contributed by atoms with Gasteiger partial charge in [0.05, 0.1) is 12.3 Å². The van der Waals surface area contributed by atoms with Crippen molar-refractivity contribution in [3.8, 4) is 5.88 Å². The van der Waals surface area contributed by atoms with Crippen LogP contribution in [-0.4, -0.2) is 11.6 Å². The predicted octanol–water partition coefficient (Wildman–Crippen LogP) is 3.41. The van der Waals surface area contributed by atoms with E-state index in [4.69, 9.17) is 10.5 Å².